The predicted molar refractivity (Wildman–Crippen MR) is 68.0 cm³/mol. The first-order chi connectivity index (χ1) is 8.25. The van der Waals surface area contributed by atoms with Gasteiger partial charge in [-0.1, -0.05) is 18.2 Å². The van der Waals surface area contributed by atoms with Crippen LogP contribution in [0.4, 0.5) is 5.82 Å². The van der Waals surface area contributed by atoms with Crippen LogP contribution in [0.5, 0.6) is 0 Å². The van der Waals surface area contributed by atoms with E-state index in [1.807, 2.05) is 18.2 Å². The highest BCUT2D eigenvalue weighted by atomic mass is 32.1. The molecule has 0 spiro atoms. The molecule has 0 saturated heterocycles. The Bertz CT molecular complexity index is 745. The SMILES string of the molecule is Nc1ncsc1-c1cc2ccccc2oc1=O. The first-order valence-corrected chi connectivity index (χ1v) is 5.86. The van der Waals surface area contributed by atoms with Crippen LogP contribution >= 0.6 is 11.3 Å². The average molecular weight is 244 g/mol. The lowest BCUT2D eigenvalue weighted by atomic mass is 10.1. The highest BCUT2D eigenvalue weighted by Gasteiger charge is 2.12. The molecule has 17 heavy (non-hydrogen) atoms. The molecule has 84 valence electrons. The average Bonchev–Trinajstić information content (AvgIpc) is 2.74. The van der Waals surface area contributed by atoms with Gasteiger partial charge in [0.05, 0.1) is 16.0 Å². The number of aromatic nitrogens is 1. The Labute approximate surface area is 100 Å². The Balaban J connectivity index is 2.34. The molecule has 0 fully saturated rings. The number of anilines is 1. The number of hydrogen-bond donors (Lipinski definition) is 1. The van der Waals surface area contributed by atoms with Crippen LogP contribution in [0.1, 0.15) is 0 Å². The Morgan fingerprint density at radius 2 is 2.12 bits per heavy atom. The highest BCUT2D eigenvalue weighted by Crippen LogP contribution is 2.28. The molecule has 3 aromatic rings. The predicted octanol–water partition coefficient (Wildman–Crippen LogP) is 2.50. The molecule has 0 saturated carbocycles. The van der Waals surface area contributed by atoms with Gasteiger partial charge >= 0.3 is 5.63 Å². The fraction of sp³-hybridized carbons (Fsp3) is 0. The van der Waals surface area contributed by atoms with Gasteiger partial charge in [-0.3, -0.25) is 0 Å². The molecule has 2 heterocycles. The zero-order valence-electron chi connectivity index (χ0n) is 8.71. The molecule has 5 heteroatoms. The van der Waals surface area contributed by atoms with Crippen molar-refractivity contribution in [2.24, 2.45) is 0 Å². The van der Waals surface area contributed by atoms with Gasteiger partial charge < -0.3 is 10.2 Å². The molecule has 1 aromatic carbocycles. The number of para-hydroxylation sites is 1. The van der Waals surface area contributed by atoms with E-state index in [2.05, 4.69) is 4.98 Å². The van der Waals surface area contributed by atoms with Gasteiger partial charge in [-0.2, -0.15) is 0 Å². The summed E-state index contributed by atoms with van der Waals surface area (Å²) in [6.45, 7) is 0. The summed E-state index contributed by atoms with van der Waals surface area (Å²) in [5, 5.41) is 0.870. The minimum Gasteiger partial charge on any atom is -0.422 e. The standard InChI is InChI=1S/C12H8N2O2S/c13-11-10(17-6-14-11)8-5-7-3-1-2-4-9(7)16-12(8)15/h1-6H,13H2. The van der Waals surface area contributed by atoms with E-state index in [1.54, 1.807) is 17.6 Å². The third kappa shape index (κ3) is 1.60. The Kier molecular flexibility index (Phi) is 2.19. The molecule has 4 nitrogen and oxygen atoms in total. The van der Waals surface area contributed by atoms with Gasteiger partial charge in [0.25, 0.3) is 0 Å². The highest BCUT2D eigenvalue weighted by molar-refractivity contribution is 7.13. The van der Waals surface area contributed by atoms with E-state index < -0.39 is 0 Å². The van der Waals surface area contributed by atoms with Crippen molar-refractivity contribution in [2.75, 3.05) is 5.73 Å². The van der Waals surface area contributed by atoms with Gasteiger partial charge in [0.1, 0.15) is 11.4 Å². The summed E-state index contributed by atoms with van der Waals surface area (Å²) >= 11 is 1.33. The molecule has 2 aromatic heterocycles. The summed E-state index contributed by atoms with van der Waals surface area (Å²) in [5.74, 6) is 0.359. The summed E-state index contributed by atoms with van der Waals surface area (Å²) in [6.07, 6.45) is 0. The van der Waals surface area contributed by atoms with Crippen molar-refractivity contribution in [3.05, 3.63) is 46.3 Å². The van der Waals surface area contributed by atoms with E-state index in [-0.39, 0.29) is 5.63 Å². The van der Waals surface area contributed by atoms with Crippen LogP contribution in [0, 0.1) is 0 Å². The van der Waals surface area contributed by atoms with Crippen molar-refractivity contribution < 1.29 is 4.42 Å². The van der Waals surface area contributed by atoms with Crippen molar-refractivity contribution in [3.8, 4) is 10.4 Å². The van der Waals surface area contributed by atoms with Crippen molar-refractivity contribution in [3.63, 3.8) is 0 Å². The molecule has 0 amide bonds. The monoisotopic (exact) mass is 244 g/mol. The molecule has 0 unspecified atom stereocenters. The summed E-state index contributed by atoms with van der Waals surface area (Å²) in [6, 6.07) is 9.15. The van der Waals surface area contributed by atoms with Gasteiger partial charge in [-0.05, 0) is 12.1 Å². The molecule has 0 bridgehead atoms. The summed E-state index contributed by atoms with van der Waals surface area (Å²) in [7, 11) is 0. The first-order valence-electron chi connectivity index (χ1n) is 4.98. The lowest BCUT2D eigenvalue weighted by Crippen LogP contribution is -2.03. The third-order valence-electron chi connectivity index (χ3n) is 2.48. The number of hydrogen-bond acceptors (Lipinski definition) is 5. The normalized spacial score (nSPS) is 10.8. The molecule has 2 N–H and O–H groups in total. The third-order valence-corrected chi connectivity index (χ3v) is 3.36. The van der Waals surface area contributed by atoms with Crippen molar-refractivity contribution in [1.82, 2.24) is 4.98 Å². The smallest absolute Gasteiger partial charge is 0.345 e. The van der Waals surface area contributed by atoms with E-state index in [0.717, 1.165) is 5.39 Å². The van der Waals surface area contributed by atoms with Gasteiger partial charge in [-0.15, -0.1) is 11.3 Å². The van der Waals surface area contributed by atoms with Crippen LogP contribution in [-0.2, 0) is 0 Å². The topological polar surface area (TPSA) is 69.1 Å². The maximum absolute atomic E-state index is 11.8. The van der Waals surface area contributed by atoms with Crippen LogP contribution in [0.15, 0.2) is 45.1 Å². The van der Waals surface area contributed by atoms with E-state index in [4.69, 9.17) is 10.2 Å². The molecule has 0 aliphatic carbocycles. The van der Waals surface area contributed by atoms with Gasteiger partial charge in [0.2, 0.25) is 0 Å². The molecule has 0 radical (unpaired) electrons. The number of thiazole rings is 1. The maximum Gasteiger partial charge on any atom is 0.345 e. The Morgan fingerprint density at radius 3 is 2.88 bits per heavy atom. The minimum atomic E-state index is -0.389. The Morgan fingerprint density at radius 1 is 1.29 bits per heavy atom. The number of benzene rings is 1. The minimum absolute atomic E-state index is 0.359. The molecule has 0 aliphatic heterocycles. The van der Waals surface area contributed by atoms with Crippen LogP contribution in [0.3, 0.4) is 0 Å². The van der Waals surface area contributed by atoms with Crippen molar-refractivity contribution in [2.45, 2.75) is 0 Å². The van der Waals surface area contributed by atoms with Gasteiger partial charge in [0.15, 0.2) is 0 Å². The zero-order valence-corrected chi connectivity index (χ0v) is 9.53. The van der Waals surface area contributed by atoms with Crippen LogP contribution in [0.25, 0.3) is 21.4 Å². The van der Waals surface area contributed by atoms with Gasteiger partial charge in [-0.25, -0.2) is 9.78 Å². The summed E-state index contributed by atoms with van der Waals surface area (Å²) < 4.78 is 5.24. The van der Waals surface area contributed by atoms with Crippen molar-refractivity contribution >= 4 is 28.1 Å². The lowest BCUT2D eigenvalue weighted by Gasteiger charge is -2.00. The van der Waals surface area contributed by atoms with Crippen molar-refractivity contribution in [1.29, 1.82) is 0 Å². The lowest BCUT2D eigenvalue weighted by molar-refractivity contribution is 0.564. The number of nitrogens with zero attached hydrogens (tertiary/aromatic N) is 1. The maximum atomic E-state index is 11.8. The zero-order chi connectivity index (χ0) is 11.8. The number of nitrogens with two attached hydrogens (primary N) is 1. The largest absolute Gasteiger partial charge is 0.422 e. The van der Waals surface area contributed by atoms with E-state index in [0.29, 0.717) is 21.8 Å². The molecular weight excluding hydrogens is 236 g/mol. The van der Waals surface area contributed by atoms with Gasteiger partial charge in [0, 0.05) is 5.39 Å². The van der Waals surface area contributed by atoms with Crippen LogP contribution < -0.4 is 11.4 Å². The fourth-order valence-electron chi connectivity index (χ4n) is 1.68. The summed E-state index contributed by atoms with van der Waals surface area (Å²) in [4.78, 5) is 16.4. The molecule has 3 rings (SSSR count). The first kappa shape index (κ1) is 10.0. The molecule has 0 atom stereocenters. The Hall–Kier alpha value is -2.14. The second-order valence-corrected chi connectivity index (χ2v) is 4.41. The number of nitrogen functional groups attached to an aromatic ring is 1. The second kappa shape index (κ2) is 3.71. The fourth-order valence-corrected chi connectivity index (χ4v) is 2.39. The summed E-state index contributed by atoms with van der Waals surface area (Å²) in [5.41, 5.74) is 7.96. The quantitative estimate of drug-likeness (QED) is 0.668. The van der Waals surface area contributed by atoms with E-state index >= 15 is 0 Å². The van der Waals surface area contributed by atoms with E-state index in [9.17, 15) is 4.79 Å². The number of fused-ring (bicyclic) bond motifs is 1. The van der Waals surface area contributed by atoms with Crippen LogP contribution in [0.2, 0.25) is 0 Å². The number of rotatable bonds is 1. The van der Waals surface area contributed by atoms with Crippen LogP contribution in [-0.4, -0.2) is 4.98 Å². The molecular formula is C12H8N2O2S. The molecule has 0 aliphatic rings. The van der Waals surface area contributed by atoms with E-state index in [1.165, 1.54) is 11.3 Å². The second-order valence-electron chi connectivity index (χ2n) is 3.55.